The van der Waals surface area contributed by atoms with Crippen molar-refractivity contribution in [3.63, 3.8) is 0 Å². The van der Waals surface area contributed by atoms with Crippen LogP contribution in [0.1, 0.15) is 26.3 Å². The van der Waals surface area contributed by atoms with Gasteiger partial charge in [0.25, 0.3) is 0 Å². The maximum atomic E-state index is 5.24. The van der Waals surface area contributed by atoms with Gasteiger partial charge in [-0.15, -0.1) is 10.2 Å². The molecule has 1 aromatic heterocycles. The molecule has 0 fully saturated rings. The van der Waals surface area contributed by atoms with Crippen LogP contribution in [0.5, 0.6) is 0 Å². The number of hydrazine groups is 1. The van der Waals surface area contributed by atoms with Gasteiger partial charge in [0.1, 0.15) is 4.60 Å². The lowest BCUT2D eigenvalue weighted by Gasteiger charge is -2.19. The first-order chi connectivity index (χ1) is 5.95. The molecule has 0 bridgehead atoms. The molecule has 0 aliphatic carbocycles. The third kappa shape index (κ3) is 2.38. The third-order valence-electron chi connectivity index (χ3n) is 1.70. The Bertz CT molecular complexity index is 306. The molecule has 0 spiro atoms. The lowest BCUT2D eigenvalue weighted by atomic mass is 9.88. The molecular weight excluding hydrogens is 232 g/mol. The number of halogens is 1. The van der Waals surface area contributed by atoms with Crippen LogP contribution in [0.15, 0.2) is 10.7 Å². The smallest absolute Gasteiger partial charge is 0.162 e. The highest BCUT2D eigenvalue weighted by Crippen LogP contribution is 2.28. The summed E-state index contributed by atoms with van der Waals surface area (Å²) < 4.78 is 0.763. The fourth-order valence-corrected chi connectivity index (χ4v) is 1.76. The summed E-state index contributed by atoms with van der Waals surface area (Å²) in [4.78, 5) is 0. The zero-order valence-corrected chi connectivity index (χ0v) is 9.51. The van der Waals surface area contributed by atoms with Crippen molar-refractivity contribution in [2.45, 2.75) is 26.2 Å². The second-order valence-electron chi connectivity index (χ2n) is 3.83. The molecule has 72 valence electrons. The minimum Gasteiger partial charge on any atom is -0.307 e. The minimum absolute atomic E-state index is 0.0281. The molecule has 1 aromatic rings. The van der Waals surface area contributed by atoms with Gasteiger partial charge in [0, 0.05) is 0 Å². The van der Waals surface area contributed by atoms with E-state index in [1.165, 1.54) is 0 Å². The van der Waals surface area contributed by atoms with E-state index in [9.17, 15) is 0 Å². The monoisotopic (exact) mass is 244 g/mol. The highest BCUT2D eigenvalue weighted by atomic mass is 79.9. The number of nitrogens with one attached hydrogen (secondary N) is 1. The predicted molar refractivity (Wildman–Crippen MR) is 56.2 cm³/mol. The van der Waals surface area contributed by atoms with E-state index in [1.807, 2.05) is 6.07 Å². The topological polar surface area (TPSA) is 63.8 Å². The molecule has 0 aliphatic heterocycles. The third-order valence-corrected chi connectivity index (χ3v) is 2.29. The lowest BCUT2D eigenvalue weighted by molar-refractivity contribution is 0.580. The van der Waals surface area contributed by atoms with Crippen LogP contribution in [0.2, 0.25) is 0 Å². The molecule has 1 rings (SSSR count). The van der Waals surface area contributed by atoms with Gasteiger partial charge in [0.05, 0.1) is 0 Å². The first-order valence-corrected chi connectivity index (χ1v) is 4.75. The Morgan fingerprint density at radius 2 is 2.00 bits per heavy atom. The molecule has 4 nitrogen and oxygen atoms in total. The normalized spacial score (nSPS) is 11.5. The summed E-state index contributed by atoms with van der Waals surface area (Å²) in [5.74, 6) is 5.82. The standard InChI is InChI=1S/C8H13BrN4/c1-8(2,3)5-4-6(11-10)12-13-7(5)9/h4H,10H2,1-3H3,(H,11,12). The fourth-order valence-electron chi connectivity index (χ4n) is 0.973. The number of aromatic nitrogens is 2. The van der Waals surface area contributed by atoms with Crippen molar-refractivity contribution >= 4 is 21.7 Å². The molecule has 3 N–H and O–H groups in total. The Morgan fingerprint density at radius 3 is 2.46 bits per heavy atom. The molecule has 13 heavy (non-hydrogen) atoms. The highest BCUT2D eigenvalue weighted by Gasteiger charge is 2.18. The number of nitrogens with zero attached hydrogens (tertiary/aromatic N) is 2. The molecule has 0 saturated heterocycles. The second-order valence-corrected chi connectivity index (χ2v) is 4.58. The van der Waals surface area contributed by atoms with Crippen LogP contribution in [0.3, 0.4) is 0 Å². The molecule has 0 aliphatic rings. The Labute approximate surface area is 86.0 Å². The first kappa shape index (κ1) is 10.4. The van der Waals surface area contributed by atoms with E-state index in [2.05, 4.69) is 52.3 Å². The average molecular weight is 245 g/mol. The van der Waals surface area contributed by atoms with Gasteiger partial charge in [-0.05, 0) is 33.0 Å². The van der Waals surface area contributed by atoms with E-state index in [-0.39, 0.29) is 5.41 Å². The molecule has 0 saturated carbocycles. The van der Waals surface area contributed by atoms with Crippen molar-refractivity contribution in [2.75, 3.05) is 5.43 Å². The Kier molecular flexibility index (Phi) is 2.87. The predicted octanol–water partition coefficient (Wildman–Crippen LogP) is 1.82. The van der Waals surface area contributed by atoms with Crippen molar-refractivity contribution in [3.05, 3.63) is 16.2 Å². The van der Waals surface area contributed by atoms with Crippen molar-refractivity contribution < 1.29 is 0 Å². The van der Waals surface area contributed by atoms with Gasteiger partial charge in [-0.1, -0.05) is 20.8 Å². The Morgan fingerprint density at radius 1 is 1.38 bits per heavy atom. The van der Waals surface area contributed by atoms with Crippen LogP contribution < -0.4 is 11.3 Å². The van der Waals surface area contributed by atoms with E-state index in [0.29, 0.717) is 5.82 Å². The number of hydrogen-bond donors (Lipinski definition) is 2. The summed E-state index contributed by atoms with van der Waals surface area (Å²) in [6, 6.07) is 1.89. The summed E-state index contributed by atoms with van der Waals surface area (Å²) in [5.41, 5.74) is 3.58. The molecule has 0 unspecified atom stereocenters. The molecule has 0 atom stereocenters. The summed E-state index contributed by atoms with van der Waals surface area (Å²) in [7, 11) is 0. The summed E-state index contributed by atoms with van der Waals surface area (Å²) in [6.45, 7) is 6.32. The number of nitrogens with two attached hydrogens (primary N) is 1. The van der Waals surface area contributed by atoms with E-state index in [1.54, 1.807) is 0 Å². The fraction of sp³-hybridized carbons (Fsp3) is 0.500. The SMILES string of the molecule is CC(C)(C)c1cc(NN)nnc1Br. The molecule has 5 heteroatoms. The van der Waals surface area contributed by atoms with Crippen LogP contribution in [0.4, 0.5) is 5.82 Å². The molecule has 1 heterocycles. The van der Waals surface area contributed by atoms with Gasteiger partial charge >= 0.3 is 0 Å². The van der Waals surface area contributed by atoms with Gasteiger partial charge in [-0.25, -0.2) is 5.84 Å². The molecule has 0 radical (unpaired) electrons. The van der Waals surface area contributed by atoms with E-state index in [0.717, 1.165) is 10.2 Å². The van der Waals surface area contributed by atoms with Gasteiger partial charge < -0.3 is 5.43 Å². The molecule has 0 amide bonds. The van der Waals surface area contributed by atoms with Crippen LogP contribution >= 0.6 is 15.9 Å². The van der Waals surface area contributed by atoms with Gasteiger partial charge in [0.15, 0.2) is 5.82 Å². The summed E-state index contributed by atoms with van der Waals surface area (Å²) in [6.07, 6.45) is 0. The maximum Gasteiger partial charge on any atom is 0.162 e. The Hall–Kier alpha value is -0.680. The maximum absolute atomic E-state index is 5.24. The van der Waals surface area contributed by atoms with Crippen molar-refractivity contribution in [2.24, 2.45) is 5.84 Å². The number of hydrogen-bond acceptors (Lipinski definition) is 4. The molecular formula is C8H13BrN4. The van der Waals surface area contributed by atoms with Gasteiger partial charge in [-0.3, -0.25) is 0 Å². The molecule has 0 aromatic carbocycles. The van der Waals surface area contributed by atoms with Crippen molar-refractivity contribution in [1.29, 1.82) is 0 Å². The van der Waals surface area contributed by atoms with Crippen LogP contribution in [0.25, 0.3) is 0 Å². The average Bonchev–Trinajstić information content (AvgIpc) is 2.03. The van der Waals surface area contributed by atoms with Gasteiger partial charge in [-0.2, -0.15) is 0 Å². The summed E-state index contributed by atoms with van der Waals surface area (Å²) >= 11 is 3.35. The number of anilines is 1. The van der Waals surface area contributed by atoms with E-state index < -0.39 is 0 Å². The van der Waals surface area contributed by atoms with Crippen LogP contribution in [-0.2, 0) is 5.41 Å². The summed E-state index contributed by atoms with van der Waals surface area (Å²) in [5, 5.41) is 7.78. The number of nitrogen functional groups attached to an aromatic ring is 1. The zero-order chi connectivity index (χ0) is 10.1. The minimum atomic E-state index is 0.0281. The van der Waals surface area contributed by atoms with Crippen LogP contribution in [-0.4, -0.2) is 10.2 Å². The van der Waals surface area contributed by atoms with Crippen molar-refractivity contribution in [1.82, 2.24) is 10.2 Å². The quantitative estimate of drug-likeness (QED) is 0.585. The van der Waals surface area contributed by atoms with Crippen LogP contribution in [0, 0.1) is 0 Å². The largest absolute Gasteiger partial charge is 0.307 e. The lowest BCUT2D eigenvalue weighted by Crippen LogP contribution is -2.16. The number of rotatable bonds is 1. The second kappa shape index (κ2) is 3.59. The van der Waals surface area contributed by atoms with E-state index in [4.69, 9.17) is 5.84 Å². The van der Waals surface area contributed by atoms with Crippen molar-refractivity contribution in [3.8, 4) is 0 Å². The first-order valence-electron chi connectivity index (χ1n) is 3.95. The highest BCUT2D eigenvalue weighted by molar-refractivity contribution is 9.10. The van der Waals surface area contributed by atoms with E-state index >= 15 is 0 Å². The Balaban J connectivity index is 3.19. The zero-order valence-electron chi connectivity index (χ0n) is 7.93. The van der Waals surface area contributed by atoms with Gasteiger partial charge in [0.2, 0.25) is 0 Å².